The van der Waals surface area contributed by atoms with E-state index in [4.69, 9.17) is 9.51 Å². The van der Waals surface area contributed by atoms with Crippen LogP contribution in [0.5, 0.6) is 0 Å². The number of hydrogen-bond acceptors (Lipinski definition) is 5. The van der Waals surface area contributed by atoms with Crippen LogP contribution in [0.25, 0.3) is 32.8 Å². The topological polar surface area (TPSA) is 68.0 Å². The molecule has 0 bridgehead atoms. The van der Waals surface area contributed by atoms with Crippen LogP contribution in [0, 0.1) is 13.8 Å². The molecule has 0 unspecified atom stereocenters. The van der Waals surface area contributed by atoms with Gasteiger partial charge in [0, 0.05) is 28.4 Å². The molecular weight excluding hydrogens is 430 g/mol. The normalized spacial score (nSPS) is 11.1. The molecular formula is C27H23N3O2S. The Kier molecular flexibility index (Phi) is 5.75. The molecule has 2 heterocycles. The molecule has 5 rings (SSSR count). The van der Waals surface area contributed by atoms with E-state index in [1.54, 1.807) is 11.3 Å². The van der Waals surface area contributed by atoms with Gasteiger partial charge in [0.2, 0.25) is 5.91 Å². The van der Waals surface area contributed by atoms with Crippen molar-refractivity contribution in [1.29, 1.82) is 0 Å². The number of carbonyl (C=O) groups is 1. The van der Waals surface area contributed by atoms with Crippen molar-refractivity contribution in [2.24, 2.45) is 0 Å². The summed E-state index contributed by atoms with van der Waals surface area (Å²) in [4.78, 5) is 17.3. The van der Waals surface area contributed by atoms with Crippen LogP contribution in [-0.4, -0.2) is 16.0 Å². The summed E-state index contributed by atoms with van der Waals surface area (Å²) < 4.78 is 5.42. The number of nitrogens with zero attached hydrogens (tertiary/aromatic N) is 2. The predicted octanol–water partition coefficient (Wildman–Crippen LogP) is 6.09. The minimum atomic E-state index is -0.0818. The average Bonchev–Trinajstić information content (AvgIpc) is 3.47. The first-order valence-corrected chi connectivity index (χ1v) is 11.7. The highest BCUT2D eigenvalue weighted by Crippen LogP contribution is 2.29. The van der Waals surface area contributed by atoms with Gasteiger partial charge in [0.05, 0.1) is 12.1 Å². The smallest absolute Gasteiger partial charge is 0.226 e. The first-order chi connectivity index (χ1) is 16.1. The Hall–Kier alpha value is -3.77. The Bertz CT molecular complexity index is 1420. The third-order valence-electron chi connectivity index (χ3n) is 5.58. The molecule has 0 saturated heterocycles. The molecule has 0 saturated carbocycles. The molecule has 0 atom stereocenters. The van der Waals surface area contributed by atoms with Crippen LogP contribution in [0.1, 0.15) is 22.4 Å². The van der Waals surface area contributed by atoms with Crippen LogP contribution in [0.15, 0.2) is 76.6 Å². The number of fused-ring (bicyclic) bond motifs is 1. The van der Waals surface area contributed by atoms with Crippen LogP contribution in [0.4, 0.5) is 0 Å². The minimum absolute atomic E-state index is 0.0818. The lowest BCUT2D eigenvalue weighted by Gasteiger charge is -2.06. The fourth-order valence-electron chi connectivity index (χ4n) is 3.97. The van der Waals surface area contributed by atoms with Crippen molar-refractivity contribution in [2.75, 3.05) is 0 Å². The van der Waals surface area contributed by atoms with Crippen LogP contribution in [0.3, 0.4) is 0 Å². The number of nitrogens with one attached hydrogen (secondary N) is 1. The standard InChI is InChI=1S/C27H23N3O2S/c1-17-12-18(2)26-22(30-32-24(26)13-17)14-25(31)28-15-19-8-10-21(11-9-19)27-29-23(16-33-27)20-6-4-3-5-7-20/h3-13,16H,14-15H2,1-2H3,(H,28,31). The molecule has 2 aromatic heterocycles. The Labute approximate surface area is 196 Å². The maximum absolute atomic E-state index is 12.5. The largest absolute Gasteiger partial charge is 0.356 e. The monoisotopic (exact) mass is 453 g/mol. The fraction of sp³-hybridized carbons (Fsp3) is 0.148. The number of aryl methyl sites for hydroxylation is 2. The fourth-order valence-corrected chi connectivity index (χ4v) is 4.80. The van der Waals surface area contributed by atoms with E-state index in [-0.39, 0.29) is 12.3 Å². The summed E-state index contributed by atoms with van der Waals surface area (Å²) in [6, 6.07) is 22.3. The zero-order valence-corrected chi connectivity index (χ0v) is 19.3. The molecule has 0 radical (unpaired) electrons. The Balaban J connectivity index is 1.22. The molecule has 1 N–H and O–H groups in total. The lowest BCUT2D eigenvalue weighted by molar-refractivity contribution is -0.120. The van der Waals surface area contributed by atoms with Crippen molar-refractivity contribution in [1.82, 2.24) is 15.5 Å². The number of benzene rings is 3. The van der Waals surface area contributed by atoms with Gasteiger partial charge in [-0.2, -0.15) is 0 Å². The van der Waals surface area contributed by atoms with Gasteiger partial charge in [-0.25, -0.2) is 4.98 Å². The summed E-state index contributed by atoms with van der Waals surface area (Å²) in [7, 11) is 0. The van der Waals surface area contributed by atoms with Crippen molar-refractivity contribution in [3.63, 3.8) is 0 Å². The third-order valence-corrected chi connectivity index (χ3v) is 6.47. The van der Waals surface area contributed by atoms with E-state index in [1.807, 2.05) is 62.4 Å². The van der Waals surface area contributed by atoms with Crippen LogP contribution in [0.2, 0.25) is 0 Å². The number of hydrogen-bond donors (Lipinski definition) is 1. The zero-order chi connectivity index (χ0) is 22.8. The van der Waals surface area contributed by atoms with Crippen LogP contribution >= 0.6 is 11.3 Å². The van der Waals surface area contributed by atoms with Gasteiger partial charge in [-0.1, -0.05) is 65.8 Å². The molecule has 6 heteroatoms. The summed E-state index contributed by atoms with van der Waals surface area (Å²) >= 11 is 1.63. The highest BCUT2D eigenvalue weighted by Gasteiger charge is 2.15. The van der Waals surface area contributed by atoms with E-state index in [9.17, 15) is 4.79 Å². The molecule has 5 nitrogen and oxygen atoms in total. The number of thiazole rings is 1. The highest BCUT2D eigenvalue weighted by atomic mass is 32.1. The van der Waals surface area contributed by atoms with Gasteiger partial charge < -0.3 is 9.84 Å². The quantitative estimate of drug-likeness (QED) is 0.338. The molecule has 0 spiro atoms. The predicted molar refractivity (Wildman–Crippen MR) is 132 cm³/mol. The SMILES string of the molecule is Cc1cc(C)c2c(CC(=O)NCc3ccc(-c4nc(-c5ccccc5)cs4)cc3)noc2c1. The highest BCUT2D eigenvalue weighted by molar-refractivity contribution is 7.13. The second kappa shape index (κ2) is 9.00. The van der Waals surface area contributed by atoms with E-state index in [2.05, 4.69) is 34.1 Å². The van der Waals surface area contributed by atoms with Crippen molar-refractivity contribution < 1.29 is 9.32 Å². The number of rotatable bonds is 6. The van der Waals surface area contributed by atoms with Gasteiger partial charge >= 0.3 is 0 Å². The first-order valence-electron chi connectivity index (χ1n) is 10.8. The Morgan fingerprint density at radius 1 is 1.00 bits per heavy atom. The summed E-state index contributed by atoms with van der Waals surface area (Å²) in [5.41, 5.74) is 7.78. The summed E-state index contributed by atoms with van der Waals surface area (Å²) in [6.07, 6.45) is 0.191. The van der Waals surface area contributed by atoms with Crippen molar-refractivity contribution in [2.45, 2.75) is 26.8 Å². The van der Waals surface area contributed by atoms with Crippen molar-refractivity contribution >= 4 is 28.2 Å². The molecule has 0 fully saturated rings. The lowest BCUT2D eigenvalue weighted by atomic mass is 10.0. The molecule has 0 aliphatic heterocycles. The van der Waals surface area contributed by atoms with Crippen LogP contribution in [-0.2, 0) is 17.8 Å². The van der Waals surface area contributed by atoms with E-state index >= 15 is 0 Å². The van der Waals surface area contributed by atoms with Gasteiger partial charge in [-0.3, -0.25) is 4.79 Å². The van der Waals surface area contributed by atoms with Gasteiger partial charge in [0.25, 0.3) is 0 Å². The minimum Gasteiger partial charge on any atom is -0.356 e. The molecule has 33 heavy (non-hydrogen) atoms. The van der Waals surface area contributed by atoms with Crippen molar-refractivity contribution in [3.8, 4) is 21.8 Å². The number of aromatic nitrogens is 2. The molecule has 5 aromatic rings. The summed E-state index contributed by atoms with van der Waals surface area (Å²) in [6.45, 7) is 4.49. The van der Waals surface area contributed by atoms with Crippen LogP contribution < -0.4 is 5.32 Å². The van der Waals surface area contributed by atoms with Gasteiger partial charge in [-0.15, -0.1) is 11.3 Å². The molecule has 0 aliphatic carbocycles. The molecule has 0 aliphatic rings. The summed E-state index contributed by atoms with van der Waals surface area (Å²) in [5.74, 6) is -0.0818. The maximum Gasteiger partial charge on any atom is 0.226 e. The second-order valence-corrected chi connectivity index (χ2v) is 9.00. The summed E-state index contributed by atoms with van der Waals surface area (Å²) in [5, 5.41) is 11.1. The first kappa shape index (κ1) is 21.1. The van der Waals surface area contributed by atoms with E-state index in [0.717, 1.165) is 49.5 Å². The van der Waals surface area contributed by atoms with Crippen molar-refractivity contribution in [3.05, 3.63) is 94.5 Å². The average molecular weight is 454 g/mol. The van der Waals surface area contributed by atoms with E-state index in [0.29, 0.717) is 12.2 Å². The third kappa shape index (κ3) is 4.56. The van der Waals surface area contributed by atoms with Gasteiger partial charge in [0.15, 0.2) is 5.58 Å². The molecule has 3 aromatic carbocycles. The maximum atomic E-state index is 12.5. The molecule has 164 valence electrons. The van der Waals surface area contributed by atoms with Gasteiger partial charge in [-0.05, 0) is 36.6 Å². The Morgan fingerprint density at radius 3 is 2.58 bits per heavy atom. The van der Waals surface area contributed by atoms with E-state index < -0.39 is 0 Å². The Morgan fingerprint density at radius 2 is 1.79 bits per heavy atom. The zero-order valence-electron chi connectivity index (χ0n) is 18.5. The number of carbonyl (C=O) groups excluding carboxylic acids is 1. The van der Waals surface area contributed by atoms with E-state index in [1.165, 1.54) is 0 Å². The lowest BCUT2D eigenvalue weighted by Crippen LogP contribution is -2.24. The second-order valence-electron chi connectivity index (χ2n) is 8.14. The molecule has 1 amide bonds. The number of amides is 1. The van der Waals surface area contributed by atoms with Gasteiger partial charge in [0.1, 0.15) is 10.7 Å².